The summed E-state index contributed by atoms with van der Waals surface area (Å²) in [7, 11) is 5.82. The normalized spacial score (nSPS) is 13.7. The minimum Gasteiger partial charge on any atom is -0.356 e. The number of fused-ring (bicyclic) bond motifs is 1. The van der Waals surface area contributed by atoms with Crippen LogP contribution in [-0.4, -0.2) is 50.9 Å². The lowest BCUT2D eigenvalue weighted by Gasteiger charge is -2.11. The Morgan fingerprint density at radius 1 is 1.38 bits per heavy atom. The largest absolute Gasteiger partial charge is 0.356 e. The maximum absolute atomic E-state index is 11.9. The number of likely N-dealkylation sites (N-methyl/N-ethyl adjacent to an activating group) is 1. The number of nitrogens with one attached hydrogen (secondary N) is 1. The van der Waals surface area contributed by atoms with Gasteiger partial charge < -0.3 is 15.1 Å². The van der Waals surface area contributed by atoms with E-state index in [-0.39, 0.29) is 11.8 Å². The van der Waals surface area contributed by atoms with Crippen LogP contribution < -0.4 is 10.2 Å². The van der Waals surface area contributed by atoms with Gasteiger partial charge in [0.2, 0.25) is 11.8 Å². The van der Waals surface area contributed by atoms with Crippen LogP contribution in [0.3, 0.4) is 0 Å². The van der Waals surface area contributed by atoms with Gasteiger partial charge >= 0.3 is 0 Å². The maximum Gasteiger partial charge on any atom is 0.231 e. The van der Waals surface area contributed by atoms with Crippen LogP contribution in [0.15, 0.2) is 18.2 Å². The molecule has 5 heteroatoms. The summed E-state index contributed by atoms with van der Waals surface area (Å²) in [5.74, 6) is 0.140. The summed E-state index contributed by atoms with van der Waals surface area (Å²) in [6.45, 7) is 1.66. The van der Waals surface area contributed by atoms with Crippen LogP contribution in [0.2, 0.25) is 0 Å². The summed E-state index contributed by atoms with van der Waals surface area (Å²) in [4.78, 5) is 27.3. The number of anilines is 1. The number of benzene rings is 1. The van der Waals surface area contributed by atoms with Crippen LogP contribution >= 0.6 is 0 Å². The first-order valence-electron chi connectivity index (χ1n) is 7.27. The zero-order valence-corrected chi connectivity index (χ0v) is 13.0. The molecule has 2 rings (SSSR count). The van der Waals surface area contributed by atoms with Gasteiger partial charge in [0.25, 0.3) is 0 Å². The third kappa shape index (κ3) is 4.04. The van der Waals surface area contributed by atoms with Crippen molar-refractivity contribution >= 4 is 17.5 Å². The molecule has 2 amide bonds. The molecule has 1 heterocycles. The molecule has 1 aromatic carbocycles. The van der Waals surface area contributed by atoms with Crippen LogP contribution in [0.4, 0.5) is 5.69 Å². The number of carbonyl (C=O) groups excluding carboxylic acids is 2. The Kier molecular flexibility index (Phi) is 4.96. The van der Waals surface area contributed by atoms with Crippen LogP contribution in [0.5, 0.6) is 0 Å². The van der Waals surface area contributed by atoms with Gasteiger partial charge in [-0.1, -0.05) is 12.1 Å². The lowest BCUT2D eigenvalue weighted by Crippen LogP contribution is -2.28. The second-order valence-electron chi connectivity index (χ2n) is 5.78. The number of hydrogen-bond acceptors (Lipinski definition) is 3. The van der Waals surface area contributed by atoms with E-state index < -0.39 is 0 Å². The Morgan fingerprint density at radius 2 is 2.14 bits per heavy atom. The summed E-state index contributed by atoms with van der Waals surface area (Å²) in [6, 6.07) is 5.82. The van der Waals surface area contributed by atoms with E-state index in [1.54, 1.807) is 11.9 Å². The SMILES string of the molecule is CN(C)CCCNC(=O)Cc1ccc2c(c1)CC(=O)N2C. The van der Waals surface area contributed by atoms with Crippen molar-refractivity contribution in [3.63, 3.8) is 0 Å². The number of rotatable bonds is 6. The Balaban J connectivity index is 1.85. The summed E-state index contributed by atoms with van der Waals surface area (Å²) in [5.41, 5.74) is 2.93. The van der Waals surface area contributed by atoms with Gasteiger partial charge in [-0.3, -0.25) is 9.59 Å². The first kappa shape index (κ1) is 15.5. The van der Waals surface area contributed by atoms with E-state index in [2.05, 4.69) is 10.2 Å². The number of hydrogen-bond donors (Lipinski definition) is 1. The van der Waals surface area contributed by atoms with E-state index in [1.807, 2.05) is 32.3 Å². The zero-order valence-electron chi connectivity index (χ0n) is 13.0. The first-order valence-corrected chi connectivity index (χ1v) is 7.27. The minimum absolute atomic E-state index is 0.0337. The third-order valence-corrected chi connectivity index (χ3v) is 3.69. The van der Waals surface area contributed by atoms with E-state index in [4.69, 9.17) is 0 Å². The average Bonchev–Trinajstić information content (AvgIpc) is 2.70. The van der Waals surface area contributed by atoms with E-state index in [1.165, 1.54) is 0 Å². The van der Waals surface area contributed by atoms with E-state index in [9.17, 15) is 9.59 Å². The van der Waals surface area contributed by atoms with Crippen LogP contribution in [-0.2, 0) is 22.4 Å². The van der Waals surface area contributed by atoms with Crippen molar-refractivity contribution in [2.75, 3.05) is 39.1 Å². The second-order valence-corrected chi connectivity index (χ2v) is 5.78. The molecule has 1 aromatic rings. The topological polar surface area (TPSA) is 52.7 Å². The monoisotopic (exact) mass is 289 g/mol. The van der Waals surface area contributed by atoms with E-state index >= 15 is 0 Å². The van der Waals surface area contributed by atoms with Crippen molar-refractivity contribution in [3.8, 4) is 0 Å². The van der Waals surface area contributed by atoms with Gasteiger partial charge in [-0.15, -0.1) is 0 Å². The highest BCUT2D eigenvalue weighted by Crippen LogP contribution is 2.28. The molecule has 0 bridgehead atoms. The molecule has 0 saturated heterocycles. The molecule has 0 radical (unpaired) electrons. The summed E-state index contributed by atoms with van der Waals surface area (Å²) in [6.07, 6.45) is 1.75. The molecule has 0 unspecified atom stereocenters. The molecule has 0 aromatic heterocycles. The second kappa shape index (κ2) is 6.72. The van der Waals surface area contributed by atoms with Gasteiger partial charge in [0.05, 0.1) is 12.8 Å². The molecule has 0 atom stereocenters. The Labute approximate surface area is 125 Å². The lowest BCUT2D eigenvalue weighted by molar-refractivity contribution is -0.120. The third-order valence-electron chi connectivity index (χ3n) is 3.69. The Morgan fingerprint density at radius 3 is 2.86 bits per heavy atom. The van der Waals surface area contributed by atoms with Gasteiger partial charge in [-0.05, 0) is 44.3 Å². The molecule has 0 saturated carbocycles. The molecule has 114 valence electrons. The van der Waals surface area contributed by atoms with E-state index in [0.29, 0.717) is 19.4 Å². The van der Waals surface area contributed by atoms with Crippen molar-refractivity contribution in [3.05, 3.63) is 29.3 Å². The predicted molar refractivity (Wildman–Crippen MR) is 83.4 cm³/mol. The lowest BCUT2D eigenvalue weighted by atomic mass is 10.1. The number of nitrogens with zero attached hydrogens (tertiary/aromatic N) is 2. The number of amides is 2. The van der Waals surface area contributed by atoms with E-state index in [0.717, 1.165) is 29.8 Å². The van der Waals surface area contributed by atoms with Gasteiger partial charge in [-0.25, -0.2) is 0 Å². The minimum atomic E-state index is 0.0337. The molecular weight excluding hydrogens is 266 g/mol. The molecule has 1 aliphatic heterocycles. The van der Waals surface area contributed by atoms with Gasteiger partial charge in [0.1, 0.15) is 0 Å². The highest BCUT2D eigenvalue weighted by molar-refractivity contribution is 6.01. The van der Waals surface area contributed by atoms with Crippen molar-refractivity contribution in [2.45, 2.75) is 19.3 Å². The Hall–Kier alpha value is -1.88. The molecule has 1 aliphatic rings. The molecule has 0 aliphatic carbocycles. The Bertz CT molecular complexity index is 540. The molecule has 0 spiro atoms. The molecule has 5 nitrogen and oxygen atoms in total. The summed E-state index contributed by atoms with van der Waals surface area (Å²) in [5, 5.41) is 2.93. The van der Waals surface area contributed by atoms with Gasteiger partial charge in [0.15, 0.2) is 0 Å². The summed E-state index contributed by atoms with van der Waals surface area (Å²) < 4.78 is 0. The quantitative estimate of drug-likeness (QED) is 0.789. The standard InChI is InChI=1S/C16H23N3O2/c1-18(2)8-4-7-17-15(20)10-12-5-6-14-13(9-12)11-16(21)19(14)3/h5-6,9H,4,7-8,10-11H2,1-3H3,(H,17,20). The molecule has 21 heavy (non-hydrogen) atoms. The van der Waals surface area contributed by atoms with Crippen LogP contribution in [0, 0.1) is 0 Å². The first-order chi connectivity index (χ1) is 9.97. The maximum atomic E-state index is 11.9. The molecule has 0 fully saturated rings. The zero-order chi connectivity index (χ0) is 15.4. The molecule has 1 N–H and O–H groups in total. The number of carbonyl (C=O) groups is 2. The molecular formula is C16H23N3O2. The highest BCUT2D eigenvalue weighted by atomic mass is 16.2. The van der Waals surface area contributed by atoms with Crippen molar-refractivity contribution in [2.24, 2.45) is 0 Å². The predicted octanol–water partition coefficient (Wildman–Crippen LogP) is 0.816. The summed E-state index contributed by atoms with van der Waals surface area (Å²) >= 11 is 0. The van der Waals surface area contributed by atoms with Crippen molar-refractivity contribution < 1.29 is 9.59 Å². The van der Waals surface area contributed by atoms with Gasteiger partial charge in [-0.2, -0.15) is 0 Å². The van der Waals surface area contributed by atoms with Crippen LogP contribution in [0.25, 0.3) is 0 Å². The van der Waals surface area contributed by atoms with Crippen molar-refractivity contribution in [1.29, 1.82) is 0 Å². The van der Waals surface area contributed by atoms with Crippen LogP contribution in [0.1, 0.15) is 17.5 Å². The fourth-order valence-electron chi connectivity index (χ4n) is 2.50. The fraction of sp³-hybridized carbons (Fsp3) is 0.500. The fourth-order valence-corrected chi connectivity index (χ4v) is 2.50. The highest BCUT2D eigenvalue weighted by Gasteiger charge is 2.23. The van der Waals surface area contributed by atoms with Gasteiger partial charge in [0, 0.05) is 19.3 Å². The smallest absolute Gasteiger partial charge is 0.231 e. The van der Waals surface area contributed by atoms with Crippen molar-refractivity contribution in [1.82, 2.24) is 10.2 Å². The average molecular weight is 289 g/mol.